The number of hydrogen-bond donors (Lipinski definition) is 1. The SMILES string of the molecule is COCCNc1nc2cc(C(=O)N3CCO[C@@H](C(F)(F)F)C3)ccc2n1C. The molecule has 1 fully saturated rings. The largest absolute Gasteiger partial charge is 0.416 e. The van der Waals surface area contributed by atoms with E-state index < -0.39 is 24.7 Å². The number of imidazole rings is 1. The molecule has 1 saturated heterocycles. The van der Waals surface area contributed by atoms with E-state index in [-0.39, 0.29) is 13.2 Å². The van der Waals surface area contributed by atoms with Gasteiger partial charge in [0.05, 0.1) is 30.8 Å². The van der Waals surface area contributed by atoms with E-state index in [4.69, 9.17) is 9.47 Å². The lowest BCUT2D eigenvalue weighted by atomic mass is 10.1. The molecule has 3 rings (SSSR count). The number of alkyl halides is 3. The Labute approximate surface area is 154 Å². The monoisotopic (exact) mass is 386 g/mol. The molecule has 0 saturated carbocycles. The van der Waals surface area contributed by atoms with E-state index in [0.29, 0.717) is 30.2 Å². The molecule has 1 N–H and O–H groups in total. The number of anilines is 1. The molecule has 10 heteroatoms. The highest BCUT2D eigenvalue weighted by Crippen LogP contribution is 2.27. The molecule has 0 radical (unpaired) electrons. The molecule has 0 bridgehead atoms. The highest BCUT2D eigenvalue weighted by molar-refractivity contribution is 5.97. The third-order valence-corrected chi connectivity index (χ3v) is 4.44. The van der Waals surface area contributed by atoms with Crippen LogP contribution in [0.4, 0.5) is 19.1 Å². The molecule has 2 aromatic rings. The third kappa shape index (κ3) is 4.16. The van der Waals surface area contributed by atoms with Crippen LogP contribution in [0.3, 0.4) is 0 Å². The van der Waals surface area contributed by atoms with Gasteiger partial charge in [0.25, 0.3) is 5.91 Å². The zero-order valence-corrected chi connectivity index (χ0v) is 15.0. The molecule has 1 amide bonds. The Kier molecular flexibility index (Phi) is 5.56. The van der Waals surface area contributed by atoms with Crippen LogP contribution >= 0.6 is 0 Å². The van der Waals surface area contributed by atoms with E-state index in [1.807, 2.05) is 11.6 Å². The Morgan fingerprint density at radius 3 is 2.93 bits per heavy atom. The van der Waals surface area contributed by atoms with E-state index in [9.17, 15) is 18.0 Å². The number of morpholine rings is 1. The second kappa shape index (κ2) is 7.73. The standard InChI is InChI=1S/C17H21F3N4O3/c1-23-13-4-3-11(9-12(13)22-16(23)21-5-7-26-2)15(25)24-6-8-27-14(10-24)17(18,19)20/h3-4,9,14H,5-8,10H2,1-2H3,(H,21,22)/t14-/m1/s1. The summed E-state index contributed by atoms with van der Waals surface area (Å²) in [6.45, 7) is 0.563. The number of carbonyl (C=O) groups excluding carboxylic acids is 1. The van der Waals surface area contributed by atoms with Gasteiger partial charge in [-0.2, -0.15) is 13.2 Å². The van der Waals surface area contributed by atoms with Gasteiger partial charge in [-0.15, -0.1) is 0 Å². The van der Waals surface area contributed by atoms with Crippen LogP contribution in [0.25, 0.3) is 11.0 Å². The van der Waals surface area contributed by atoms with E-state index in [1.54, 1.807) is 25.3 Å². The van der Waals surface area contributed by atoms with Gasteiger partial charge in [-0.1, -0.05) is 0 Å². The number of aromatic nitrogens is 2. The minimum atomic E-state index is -4.49. The summed E-state index contributed by atoms with van der Waals surface area (Å²) in [7, 11) is 3.44. The van der Waals surface area contributed by atoms with Crippen molar-refractivity contribution in [2.75, 3.05) is 45.3 Å². The number of aryl methyl sites for hydroxylation is 1. The average Bonchev–Trinajstić information content (AvgIpc) is 2.96. The summed E-state index contributed by atoms with van der Waals surface area (Å²) in [6, 6.07) is 4.93. The summed E-state index contributed by atoms with van der Waals surface area (Å²) in [5.41, 5.74) is 1.69. The fourth-order valence-corrected chi connectivity index (χ4v) is 2.97. The number of halogens is 3. The lowest BCUT2D eigenvalue weighted by molar-refractivity contribution is -0.233. The van der Waals surface area contributed by atoms with Crippen LogP contribution in [0.1, 0.15) is 10.4 Å². The Morgan fingerprint density at radius 2 is 2.22 bits per heavy atom. The van der Waals surface area contributed by atoms with Gasteiger partial charge in [-0.3, -0.25) is 4.79 Å². The maximum Gasteiger partial charge on any atom is 0.416 e. The lowest BCUT2D eigenvalue weighted by Crippen LogP contribution is -2.51. The van der Waals surface area contributed by atoms with Gasteiger partial charge in [0.1, 0.15) is 0 Å². The van der Waals surface area contributed by atoms with Crippen LogP contribution in [-0.2, 0) is 16.5 Å². The molecular weight excluding hydrogens is 365 g/mol. The minimum absolute atomic E-state index is 0.121. The van der Waals surface area contributed by atoms with Crippen LogP contribution in [0.15, 0.2) is 18.2 Å². The minimum Gasteiger partial charge on any atom is -0.383 e. The molecule has 0 aliphatic carbocycles. The summed E-state index contributed by atoms with van der Waals surface area (Å²) in [5, 5.41) is 3.13. The second-order valence-electron chi connectivity index (χ2n) is 6.27. The first-order chi connectivity index (χ1) is 12.8. The summed E-state index contributed by atoms with van der Waals surface area (Å²) in [4.78, 5) is 18.3. The number of rotatable bonds is 5. The highest BCUT2D eigenvalue weighted by atomic mass is 19.4. The maximum atomic E-state index is 12.9. The van der Waals surface area contributed by atoms with Crippen LogP contribution in [-0.4, -0.2) is 72.6 Å². The number of methoxy groups -OCH3 is 1. The van der Waals surface area contributed by atoms with E-state index in [1.165, 1.54) is 4.90 Å². The Morgan fingerprint density at radius 1 is 1.44 bits per heavy atom. The van der Waals surface area contributed by atoms with Gasteiger partial charge in [0, 0.05) is 32.8 Å². The van der Waals surface area contributed by atoms with Crippen molar-refractivity contribution < 1.29 is 27.4 Å². The normalized spacial score (nSPS) is 18.1. The molecular formula is C17H21F3N4O3. The van der Waals surface area contributed by atoms with Gasteiger partial charge in [-0.05, 0) is 18.2 Å². The molecule has 1 aromatic heterocycles. The zero-order valence-electron chi connectivity index (χ0n) is 15.0. The fraction of sp³-hybridized carbons (Fsp3) is 0.529. The van der Waals surface area contributed by atoms with Gasteiger partial charge >= 0.3 is 6.18 Å². The lowest BCUT2D eigenvalue weighted by Gasteiger charge is -2.33. The van der Waals surface area contributed by atoms with Crippen LogP contribution in [0, 0.1) is 0 Å². The first-order valence-corrected chi connectivity index (χ1v) is 8.48. The molecule has 148 valence electrons. The first-order valence-electron chi connectivity index (χ1n) is 8.48. The summed E-state index contributed by atoms with van der Waals surface area (Å²) in [5.74, 6) is 0.157. The van der Waals surface area contributed by atoms with E-state index in [2.05, 4.69) is 10.3 Å². The summed E-state index contributed by atoms with van der Waals surface area (Å²) < 4.78 is 50.2. The first kappa shape index (κ1) is 19.4. The number of benzene rings is 1. The van der Waals surface area contributed by atoms with Crippen molar-refractivity contribution in [3.8, 4) is 0 Å². The molecule has 1 aromatic carbocycles. The number of hydrogen-bond acceptors (Lipinski definition) is 5. The highest BCUT2D eigenvalue weighted by Gasteiger charge is 2.44. The topological polar surface area (TPSA) is 68.6 Å². The average molecular weight is 386 g/mol. The Balaban J connectivity index is 1.79. The van der Waals surface area contributed by atoms with Crippen molar-refractivity contribution in [3.63, 3.8) is 0 Å². The van der Waals surface area contributed by atoms with Crippen molar-refractivity contribution in [1.82, 2.24) is 14.5 Å². The van der Waals surface area contributed by atoms with Crippen molar-refractivity contribution in [1.29, 1.82) is 0 Å². The molecule has 1 atom stereocenters. The summed E-state index contributed by atoms with van der Waals surface area (Å²) >= 11 is 0. The quantitative estimate of drug-likeness (QED) is 0.797. The summed E-state index contributed by atoms with van der Waals surface area (Å²) in [6.07, 6.45) is -6.45. The third-order valence-electron chi connectivity index (χ3n) is 4.44. The smallest absolute Gasteiger partial charge is 0.383 e. The predicted molar refractivity (Wildman–Crippen MR) is 92.8 cm³/mol. The number of fused-ring (bicyclic) bond motifs is 1. The molecule has 1 aliphatic rings. The Hall–Kier alpha value is -2.33. The number of nitrogens with zero attached hydrogens (tertiary/aromatic N) is 3. The number of amides is 1. The fourth-order valence-electron chi connectivity index (χ4n) is 2.97. The second-order valence-corrected chi connectivity index (χ2v) is 6.27. The molecule has 1 aliphatic heterocycles. The van der Waals surface area contributed by atoms with Crippen LogP contribution < -0.4 is 5.32 Å². The van der Waals surface area contributed by atoms with Gasteiger partial charge < -0.3 is 24.3 Å². The van der Waals surface area contributed by atoms with Crippen LogP contribution in [0.5, 0.6) is 0 Å². The van der Waals surface area contributed by atoms with E-state index in [0.717, 1.165) is 5.52 Å². The van der Waals surface area contributed by atoms with Crippen molar-refractivity contribution in [2.24, 2.45) is 7.05 Å². The van der Waals surface area contributed by atoms with Crippen molar-refractivity contribution >= 4 is 22.9 Å². The predicted octanol–water partition coefficient (Wildman–Crippen LogP) is 2.03. The van der Waals surface area contributed by atoms with Gasteiger partial charge in [-0.25, -0.2) is 4.98 Å². The number of ether oxygens (including phenoxy) is 2. The molecule has 0 unspecified atom stereocenters. The molecule has 7 nitrogen and oxygen atoms in total. The molecule has 27 heavy (non-hydrogen) atoms. The maximum absolute atomic E-state index is 12.9. The van der Waals surface area contributed by atoms with Crippen molar-refractivity contribution in [2.45, 2.75) is 12.3 Å². The van der Waals surface area contributed by atoms with Crippen LogP contribution in [0.2, 0.25) is 0 Å². The zero-order chi connectivity index (χ0) is 19.6. The number of carbonyl (C=O) groups is 1. The van der Waals surface area contributed by atoms with Gasteiger partial charge in [0.2, 0.25) is 5.95 Å². The number of nitrogens with one attached hydrogen (secondary N) is 1. The van der Waals surface area contributed by atoms with Gasteiger partial charge in [0.15, 0.2) is 6.10 Å². The molecule has 0 spiro atoms. The van der Waals surface area contributed by atoms with Crippen molar-refractivity contribution in [3.05, 3.63) is 23.8 Å². The van der Waals surface area contributed by atoms with E-state index >= 15 is 0 Å². The Bertz CT molecular complexity index is 822. The molecule has 2 heterocycles.